The highest BCUT2D eigenvalue weighted by Crippen LogP contribution is 2.37. The maximum Gasteiger partial charge on any atom is 0.328 e. The largest absolute Gasteiger partial charge is 0.465 e. The van der Waals surface area contributed by atoms with Gasteiger partial charge in [0, 0.05) is 25.9 Å². The molecule has 0 atom stereocenters. The molecule has 1 spiro atoms. The Morgan fingerprint density at radius 2 is 1.48 bits per heavy atom. The molecule has 0 radical (unpaired) electrons. The summed E-state index contributed by atoms with van der Waals surface area (Å²) < 4.78 is 21.6. The summed E-state index contributed by atoms with van der Waals surface area (Å²) in [4.78, 5) is 24.4. The molecule has 7 nitrogen and oxygen atoms in total. The molecule has 2 aliphatic rings. The molecule has 2 rings (SSSR count). The fourth-order valence-corrected chi connectivity index (χ4v) is 2.55. The number of rotatable bonds is 4. The molecule has 120 valence electrons. The molecular formula is C14H23NO6. The zero-order valence-electron chi connectivity index (χ0n) is 12.6. The highest BCUT2D eigenvalue weighted by Gasteiger charge is 2.56. The summed E-state index contributed by atoms with van der Waals surface area (Å²) in [5, 5.41) is 3.22. The van der Waals surface area contributed by atoms with Crippen molar-refractivity contribution in [1.29, 1.82) is 0 Å². The van der Waals surface area contributed by atoms with Gasteiger partial charge in [-0.05, 0) is 13.8 Å². The van der Waals surface area contributed by atoms with Gasteiger partial charge in [0.25, 0.3) is 0 Å². The van der Waals surface area contributed by atoms with Crippen LogP contribution in [0.4, 0.5) is 0 Å². The van der Waals surface area contributed by atoms with Crippen LogP contribution in [0.25, 0.3) is 0 Å². The predicted octanol–water partition coefficient (Wildman–Crippen LogP) is 0.226. The summed E-state index contributed by atoms with van der Waals surface area (Å²) in [6.07, 6.45) is 1.38. The second-order valence-electron chi connectivity index (χ2n) is 5.26. The molecule has 0 aromatic carbocycles. The van der Waals surface area contributed by atoms with E-state index in [1.54, 1.807) is 13.8 Å². The summed E-state index contributed by atoms with van der Waals surface area (Å²) >= 11 is 0. The number of hydrogen-bond acceptors (Lipinski definition) is 7. The molecule has 2 heterocycles. The third-order valence-corrected chi connectivity index (χ3v) is 3.86. The topological polar surface area (TPSA) is 83.1 Å². The quantitative estimate of drug-likeness (QED) is 0.587. The second kappa shape index (κ2) is 6.72. The maximum absolute atomic E-state index is 12.2. The van der Waals surface area contributed by atoms with E-state index in [1.807, 2.05) is 0 Å². The lowest BCUT2D eigenvalue weighted by Crippen LogP contribution is -2.59. The molecule has 0 aromatic heterocycles. The maximum atomic E-state index is 12.2. The van der Waals surface area contributed by atoms with Crippen molar-refractivity contribution in [2.24, 2.45) is 5.41 Å². The molecule has 0 amide bonds. The number of esters is 2. The monoisotopic (exact) mass is 301 g/mol. The Balaban J connectivity index is 2.12. The third kappa shape index (κ3) is 3.20. The smallest absolute Gasteiger partial charge is 0.328 e. The van der Waals surface area contributed by atoms with Gasteiger partial charge in [-0.25, -0.2) is 0 Å². The Morgan fingerprint density at radius 1 is 1.00 bits per heavy atom. The van der Waals surface area contributed by atoms with Gasteiger partial charge in [-0.3, -0.25) is 9.59 Å². The predicted molar refractivity (Wildman–Crippen MR) is 72.4 cm³/mol. The first-order valence-electron chi connectivity index (χ1n) is 7.41. The molecule has 2 saturated heterocycles. The number of nitrogens with one attached hydrogen (secondary N) is 1. The van der Waals surface area contributed by atoms with E-state index >= 15 is 0 Å². The molecule has 0 bridgehead atoms. The lowest BCUT2D eigenvalue weighted by atomic mass is 9.88. The van der Waals surface area contributed by atoms with Crippen molar-refractivity contribution in [1.82, 2.24) is 5.32 Å². The Hall–Kier alpha value is -1.18. The summed E-state index contributed by atoms with van der Waals surface area (Å²) in [6.45, 7) is 5.20. The lowest BCUT2D eigenvalue weighted by molar-refractivity contribution is -0.308. The Morgan fingerprint density at radius 3 is 1.90 bits per heavy atom. The molecule has 1 N–H and O–H groups in total. The van der Waals surface area contributed by atoms with Crippen molar-refractivity contribution in [3.8, 4) is 0 Å². The van der Waals surface area contributed by atoms with E-state index in [-0.39, 0.29) is 26.4 Å². The molecule has 0 aromatic rings. The van der Waals surface area contributed by atoms with Crippen LogP contribution in [0.3, 0.4) is 0 Å². The molecule has 2 aliphatic heterocycles. The van der Waals surface area contributed by atoms with E-state index in [4.69, 9.17) is 18.9 Å². The van der Waals surface area contributed by atoms with E-state index in [9.17, 15) is 9.59 Å². The number of carbonyl (C=O) groups excluding carboxylic acids is 2. The second-order valence-corrected chi connectivity index (χ2v) is 5.26. The number of piperidine rings is 1. The van der Waals surface area contributed by atoms with Crippen LogP contribution in [0, 0.1) is 5.41 Å². The normalized spacial score (nSPS) is 23.5. The van der Waals surface area contributed by atoms with Gasteiger partial charge in [0.2, 0.25) is 5.41 Å². The standard InChI is InChI=1S/C14H23NO6/c1-3-18-11(16)13(12(17)19-4-2)9-20-14(21-10-13)5-7-15-8-6-14/h15H,3-10H2,1-2H3. The number of ether oxygens (including phenoxy) is 4. The minimum atomic E-state index is -1.51. The third-order valence-electron chi connectivity index (χ3n) is 3.86. The molecule has 21 heavy (non-hydrogen) atoms. The Bertz CT molecular complexity index is 361. The first-order chi connectivity index (χ1) is 10.1. The van der Waals surface area contributed by atoms with Gasteiger partial charge in [0.15, 0.2) is 5.79 Å². The summed E-state index contributed by atoms with van der Waals surface area (Å²) in [6, 6.07) is 0. The average molecular weight is 301 g/mol. The van der Waals surface area contributed by atoms with E-state index in [1.165, 1.54) is 0 Å². The first kappa shape index (κ1) is 16.2. The summed E-state index contributed by atoms with van der Waals surface area (Å²) in [5.41, 5.74) is -1.51. The van der Waals surface area contributed by atoms with Gasteiger partial charge in [-0.1, -0.05) is 0 Å². The minimum absolute atomic E-state index is 0.0648. The van der Waals surface area contributed by atoms with Gasteiger partial charge < -0.3 is 24.3 Å². The highest BCUT2D eigenvalue weighted by atomic mass is 16.7. The van der Waals surface area contributed by atoms with Crippen molar-refractivity contribution in [3.05, 3.63) is 0 Å². The van der Waals surface area contributed by atoms with Crippen LogP contribution < -0.4 is 5.32 Å². The van der Waals surface area contributed by atoms with Crippen LogP contribution in [-0.2, 0) is 28.5 Å². The molecule has 0 saturated carbocycles. The van der Waals surface area contributed by atoms with E-state index in [0.29, 0.717) is 12.8 Å². The van der Waals surface area contributed by atoms with Gasteiger partial charge >= 0.3 is 11.9 Å². The number of carbonyl (C=O) groups is 2. The van der Waals surface area contributed by atoms with E-state index in [2.05, 4.69) is 5.32 Å². The fourth-order valence-electron chi connectivity index (χ4n) is 2.55. The van der Waals surface area contributed by atoms with Gasteiger partial charge in [0.1, 0.15) is 0 Å². The van der Waals surface area contributed by atoms with Crippen LogP contribution in [0.2, 0.25) is 0 Å². The summed E-state index contributed by atoms with van der Waals surface area (Å²) in [5.74, 6) is -1.99. The Labute approximate surface area is 124 Å². The molecule has 7 heteroatoms. The SMILES string of the molecule is CCOC(=O)C1(C(=O)OCC)COC2(CCNCC2)OC1. The minimum Gasteiger partial charge on any atom is -0.465 e. The van der Waals surface area contributed by atoms with Crippen LogP contribution in [0.15, 0.2) is 0 Å². The van der Waals surface area contributed by atoms with Gasteiger partial charge in [-0.2, -0.15) is 0 Å². The van der Waals surface area contributed by atoms with Gasteiger partial charge in [-0.15, -0.1) is 0 Å². The van der Waals surface area contributed by atoms with Crippen LogP contribution in [0.5, 0.6) is 0 Å². The number of hydrogen-bond donors (Lipinski definition) is 1. The zero-order valence-corrected chi connectivity index (χ0v) is 12.6. The Kier molecular flexibility index (Phi) is 5.18. The van der Waals surface area contributed by atoms with E-state index < -0.39 is 23.1 Å². The molecular weight excluding hydrogens is 278 g/mol. The van der Waals surface area contributed by atoms with Crippen LogP contribution >= 0.6 is 0 Å². The highest BCUT2D eigenvalue weighted by molar-refractivity contribution is 6.00. The lowest BCUT2D eigenvalue weighted by Gasteiger charge is -2.45. The van der Waals surface area contributed by atoms with Crippen molar-refractivity contribution < 1.29 is 28.5 Å². The van der Waals surface area contributed by atoms with Crippen molar-refractivity contribution >= 4 is 11.9 Å². The van der Waals surface area contributed by atoms with Crippen molar-refractivity contribution in [3.63, 3.8) is 0 Å². The average Bonchev–Trinajstić information content (AvgIpc) is 2.49. The van der Waals surface area contributed by atoms with Crippen molar-refractivity contribution in [2.45, 2.75) is 32.5 Å². The first-order valence-corrected chi connectivity index (χ1v) is 7.41. The molecule has 0 aliphatic carbocycles. The fraction of sp³-hybridized carbons (Fsp3) is 0.857. The van der Waals surface area contributed by atoms with E-state index in [0.717, 1.165) is 13.1 Å². The van der Waals surface area contributed by atoms with Crippen LogP contribution in [0.1, 0.15) is 26.7 Å². The van der Waals surface area contributed by atoms with Crippen LogP contribution in [-0.4, -0.2) is 57.2 Å². The molecule has 2 fully saturated rings. The summed E-state index contributed by atoms with van der Waals surface area (Å²) in [7, 11) is 0. The zero-order chi connectivity index (χ0) is 15.3. The van der Waals surface area contributed by atoms with Gasteiger partial charge in [0.05, 0.1) is 26.4 Å². The molecule has 0 unspecified atom stereocenters. The van der Waals surface area contributed by atoms with Crippen molar-refractivity contribution in [2.75, 3.05) is 39.5 Å².